The first-order valence-corrected chi connectivity index (χ1v) is 5.46. The first-order valence-electron chi connectivity index (χ1n) is 5.46. The highest BCUT2D eigenvalue weighted by Crippen LogP contribution is 2.06. The van der Waals surface area contributed by atoms with E-state index in [1.54, 1.807) is 6.92 Å². The number of hydrogen-bond acceptors (Lipinski definition) is 4. The molecule has 0 aromatic heterocycles. The molecule has 0 saturated heterocycles. The Hall–Kier alpha value is -0.610. The van der Waals surface area contributed by atoms with Crippen LogP contribution in [0.3, 0.4) is 0 Å². The smallest absolute Gasteiger partial charge is 0.322 e. The van der Waals surface area contributed by atoms with Crippen molar-refractivity contribution in [3.05, 3.63) is 0 Å². The molecule has 0 rings (SSSR count). The molecule has 0 aromatic carbocycles. The van der Waals surface area contributed by atoms with Crippen molar-refractivity contribution in [3.8, 4) is 0 Å². The number of ether oxygens (including phenoxy) is 1. The van der Waals surface area contributed by atoms with Crippen LogP contribution in [-0.2, 0) is 9.53 Å². The zero-order valence-corrected chi connectivity index (χ0v) is 10.1. The van der Waals surface area contributed by atoms with Gasteiger partial charge in [-0.1, -0.05) is 13.8 Å². The summed E-state index contributed by atoms with van der Waals surface area (Å²) in [5, 5.41) is 12.2. The first kappa shape index (κ1) is 14.4. The molecule has 0 aliphatic carbocycles. The predicted octanol–water partition coefficient (Wildman–Crippen LogP) is 0.935. The van der Waals surface area contributed by atoms with Gasteiger partial charge in [-0.25, -0.2) is 0 Å². The SMILES string of the molecule is COC(=O)C(CC(C)C)NCCC(C)O. The van der Waals surface area contributed by atoms with Crippen molar-refractivity contribution in [1.82, 2.24) is 5.32 Å². The Morgan fingerprint density at radius 2 is 2.00 bits per heavy atom. The highest BCUT2D eigenvalue weighted by molar-refractivity contribution is 5.75. The Morgan fingerprint density at radius 1 is 1.40 bits per heavy atom. The predicted molar refractivity (Wildman–Crippen MR) is 59.6 cm³/mol. The molecule has 0 aliphatic heterocycles. The Labute approximate surface area is 92.0 Å². The highest BCUT2D eigenvalue weighted by Gasteiger charge is 2.19. The molecule has 0 spiro atoms. The Bertz CT molecular complexity index is 181. The number of aliphatic hydroxyl groups is 1. The zero-order chi connectivity index (χ0) is 11.8. The van der Waals surface area contributed by atoms with E-state index in [-0.39, 0.29) is 18.1 Å². The number of aliphatic hydroxyl groups excluding tert-OH is 1. The Kier molecular flexibility index (Phi) is 7.34. The van der Waals surface area contributed by atoms with Crippen LogP contribution in [0.15, 0.2) is 0 Å². The van der Waals surface area contributed by atoms with Gasteiger partial charge in [0.1, 0.15) is 6.04 Å². The van der Waals surface area contributed by atoms with Gasteiger partial charge in [0.15, 0.2) is 0 Å². The number of carbonyl (C=O) groups excluding carboxylic acids is 1. The van der Waals surface area contributed by atoms with E-state index in [0.717, 1.165) is 6.42 Å². The van der Waals surface area contributed by atoms with Gasteiger partial charge in [0, 0.05) is 0 Å². The normalized spacial score (nSPS) is 15.1. The van der Waals surface area contributed by atoms with Crippen molar-refractivity contribution in [1.29, 1.82) is 0 Å². The lowest BCUT2D eigenvalue weighted by Crippen LogP contribution is -2.39. The van der Waals surface area contributed by atoms with Crippen LogP contribution in [0.1, 0.15) is 33.6 Å². The second-order valence-corrected chi connectivity index (χ2v) is 4.30. The molecule has 0 amide bonds. The lowest BCUT2D eigenvalue weighted by atomic mass is 10.0. The number of methoxy groups -OCH3 is 1. The van der Waals surface area contributed by atoms with Gasteiger partial charge in [0.25, 0.3) is 0 Å². The quantitative estimate of drug-likeness (QED) is 0.623. The summed E-state index contributed by atoms with van der Waals surface area (Å²) in [4.78, 5) is 11.4. The van der Waals surface area contributed by atoms with Gasteiger partial charge >= 0.3 is 5.97 Å². The fourth-order valence-corrected chi connectivity index (χ4v) is 1.34. The molecule has 90 valence electrons. The molecule has 2 unspecified atom stereocenters. The number of hydrogen-bond donors (Lipinski definition) is 2. The van der Waals surface area contributed by atoms with Crippen LogP contribution >= 0.6 is 0 Å². The standard InChI is InChI=1S/C11H23NO3/c1-8(2)7-10(11(14)15-4)12-6-5-9(3)13/h8-10,12-13H,5-7H2,1-4H3. The van der Waals surface area contributed by atoms with E-state index in [1.807, 2.05) is 0 Å². The van der Waals surface area contributed by atoms with Gasteiger partial charge in [-0.15, -0.1) is 0 Å². The van der Waals surface area contributed by atoms with Crippen LogP contribution in [0.25, 0.3) is 0 Å². The van der Waals surface area contributed by atoms with Crippen LogP contribution < -0.4 is 5.32 Å². The van der Waals surface area contributed by atoms with Crippen LogP contribution in [0, 0.1) is 5.92 Å². The van der Waals surface area contributed by atoms with E-state index in [2.05, 4.69) is 19.2 Å². The van der Waals surface area contributed by atoms with E-state index in [9.17, 15) is 4.79 Å². The maximum atomic E-state index is 11.4. The number of esters is 1. The van der Waals surface area contributed by atoms with Crippen molar-refractivity contribution in [3.63, 3.8) is 0 Å². The molecular weight excluding hydrogens is 194 g/mol. The minimum atomic E-state index is -0.338. The molecule has 2 atom stereocenters. The number of carbonyl (C=O) groups is 1. The largest absolute Gasteiger partial charge is 0.468 e. The molecule has 4 heteroatoms. The minimum Gasteiger partial charge on any atom is -0.468 e. The molecule has 0 heterocycles. The summed E-state index contributed by atoms with van der Waals surface area (Å²) in [6, 6.07) is -0.256. The fourth-order valence-electron chi connectivity index (χ4n) is 1.34. The number of rotatable bonds is 7. The monoisotopic (exact) mass is 217 g/mol. The van der Waals surface area contributed by atoms with Crippen molar-refractivity contribution in [2.75, 3.05) is 13.7 Å². The van der Waals surface area contributed by atoms with Crippen molar-refractivity contribution < 1.29 is 14.6 Å². The molecule has 4 nitrogen and oxygen atoms in total. The summed E-state index contributed by atoms with van der Waals surface area (Å²) in [5.41, 5.74) is 0. The van der Waals surface area contributed by atoms with Crippen molar-refractivity contribution in [2.45, 2.75) is 45.8 Å². The molecule has 0 aliphatic rings. The molecule has 0 bridgehead atoms. The number of nitrogens with one attached hydrogen (secondary N) is 1. The van der Waals surface area contributed by atoms with Gasteiger partial charge in [-0.2, -0.15) is 0 Å². The second-order valence-electron chi connectivity index (χ2n) is 4.30. The Balaban J connectivity index is 3.96. The molecular formula is C11H23NO3. The topological polar surface area (TPSA) is 58.6 Å². The maximum Gasteiger partial charge on any atom is 0.322 e. The molecule has 15 heavy (non-hydrogen) atoms. The molecule has 0 radical (unpaired) electrons. The highest BCUT2D eigenvalue weighted by atomic mass is 16.5. The van der Waals surface area contributed by atoms with E-state index < -0.39 is 0 Å². The van der Waals surface area contributed by atoms with Gasteiger partial charge in [0.2, 0.25) is 0 Å². The summed E-state index contributed by atoms with van der Waals surface area (Å²) in [6.07, 6.45) is 1.06. The van der Waals surface area contributed by atoms with Crippen LogP contribution in [0.5, 0.6) is 0 Å². The lowest BCUT2D eigenvalue weighted by Gasteiger charge is -2.18. The van der Waals surface area contributed by atoms with Crippen molar-refractivity contribution in [2.24, 2.45) is 5.92 Å². The van der Waals surface area contributed by atoms with Crippen LogP contribution in [0.2, 0.25) is 0 Å². The van der Waals surface area contributed by atoms with E-state index in [0.29, 0.717) is 18.9 Å². The fraction of sp³-hybridized carbons (Fsp3) is 0.909. The zero-order valence-electron chi connectivity index (χ0n) is 10.1. The van der Waals surface area contributed by atoms with E-state index in [4.69, 9.17) is 9.84 Å². The minimum absolute atomic E-state index is 0.228. The van der Waals surface area contributed by atoms with E-state index >= 15 is 0 Å². The molecule has 2 N–H and O–H groups in total. The molecule has 0 aromatic rings. The summed E-state index contributed by atoms with van der Waals surface area (Å²) in [5.74, 6) is 0.211. The second kappa shape index (κ2) is 7.65. The lowest BCUT2D eigenvalue weighted by molar-refractivity contribution is -0.143. The Morgan fingerprint density at radius 3 is 2.40 bits per heavy atom. The summed E-state index contributed by atoms with van der Waals surface area (Å²) < 4.78 is 4.71. The summed E-state index contributed by atoms with van der Waals surface area (Å²) in [6.45, 7) is 6.49. The summed E-state index contributed by atoms with van der Waals surface area (Å²) >= 11 is 0. The van der Waals surface area contributed by atoms with Gasteiger partial charge < -0.3 is 15.2 Å². The third-order valence-corrected chi connectivity index (χ3v) is 2.15. The average molecular weight is 217 g/mol. The van der Waals surface area contributed by atoms with Crippen molar-refractivity contribution >= 4 is 5.97 Å². The van der Waals surface area contributed by atoms with Gasteiger partial charge in [0.05, 0.1) is 13.2 Å². The molecule has 0 fully saturated rings. The third-order valence-electron chi connectivity index (χ3n) is 2.15. The van der Waals surface area contributed by atoms with Gasteiger partial charge in [-0.3, -0.25) is 4.79 Å². The summed E-state index contributed by atoms with van der Waals surface area (Å²) in [7, 11) is 1.39. The third kappa shape index (κ3) is 7.33. The first-order chi connectivity index (χ1) is 6.97. The van der Waals surface area contributed by atoms with Crippen LogP contribution in [-0.4, -0.2) is 36.9 Å². The van der Waals surface area contributed by atoms with Crippen LogP contribution in [0.4, 0.5) is 0 Å². The average Bonchev–Trinajstić information content (AvgIpc) is 2.14. The van der Waals surface area contributed by atoms with E-state index in [1.165, 1.54) is 7.11 Å². The van der Waals surface area contributed by atoms with Gasteiger partial charge in [-0.05, 0) is 32.2 Å². The molecule has 0 saturated carbocycles. The maximum absolute atomic E-state index is 11.4.